The quantitative estimate of drug-likeness (QED) is 0.436. The van der Waals surface area contributed by atoms with E-state index in [0.717, 1.165) is 6.42 Å². The number of amides is 1. The second-order valence-electron chi connectivity index (χ2n) is 8.25. The zero-order chi connectivity index (χ0) is 21.0. The number of carbonyl (C=O) groups is 1. The summed E-state index contributed by atoms with van der Waals surface area (Å²) in [5.74, 6) is 0.0683. The molecular weight excluding hydrogens is 366 g/mol. The second-order valence-corrected chi connectivity index (χ2v) is 8.25. The van der Waals surface area contributed by atoms with E-state index in [1.54, 1.807) is 30.4 Å². The summed E-state index contributed by atoms with van der Waals surface area (Å²) in [6.07, 6.45) is 5.40. The average molecular weight is 391 g/mol. The van der Waals surface area contributed by atoms with Gasteiger partial charge in [-0.05, 0) is 47.1 Å². The highest BCUT2D eigenvalue weighted by atomic mass is 16.6. The van der Waals surface area contributed by atoms with Crippen molar-refractivity contribution < 1.29 is 9.72 Å². The number of rotatable bonds is 6. The number of allylic oxidation sites excluding steroid dienone is 1. The van der Waals surface area contributed by atoms with E-state index >= 15 is 0 Å². The van der Waals surface area contributed by atoms with Crippen molar-refractivity contribution in [2.75, 3.05) is 0 Å². The lowest BCUT2D eigenvalue weighted by atomic mass is 9.86. The highest BCUT2D eigenvalue weighted by Gasteiger charge is 2.43. The molecule has 0 bridgehead atoms. The lowest BCUT2D eigenvalue weighted by molar-refractivity contribution is -0.385. The normalized spacial score (nSPS) is 18.9. The van der Waals surface area contributed by atoms with Gasteiger partial charge in [-0.1, -0.05) is 57.2 Å². The highest BCUT2D eigenvalue weighted by Crippen LogP contribution is 2.47. The molecule has 3 rings (SSSR count). The Labute approximate surface area is 170 Å². The summed E-state index contributed by atoms with van der Waals surface area (Å²) in [6.45, 7) is 6.54. The van der Waals surface area contributed by atoms with Crippen molar-refractivity contribution in [3.8, 4) is 0 Å². The number of nitro benzene ring substituents is 1. The minimum absolute atomic E-state index is 0.0273. The summed E-state index contributed by atoms with van der Waals surface area (Å²) in [5.41, 5.74) is 5.63. The first-order valence-electron chi connectivity index (χ1n) is 9.61. The molecule has 2 aromatic rings. The summed E-state index contributed by atoms with van der Waals surface area (Å²) in [7, 11) is 0. The van der Waals surface area contributed by atoms with E-state index in [1.165, 1.54) is 23.4 Å². The van der Waals surface area contributed by atoms with Gasteiger partial charge in [0.2, 0.25) is 5.91 Å². The van der Waals surface area contributed by atoms with Crippen LogP contribution in [0.3, 0.4) is 0 Å². The molecule has 1 N–H and O–H groups in total. The van der Waals surface area contributed by atoms with Crippen LogP contribution in [0, 0.1) is 16.0 Å². The summed E-state index contributed by atoms with van der Waals surface area (Å²) < 4.78 is 0. The van der Waals surface area contributed by atoms with Crippen LogP contribution in [-0.4, -0.2) is 17.0 Å². The number of hydrogen-bond acceptors (Lipinski definition) is 4. The van der Waals surface area contributed by atoms with Gasteiger partial charge in [0.15, 0.2) is 0 Å². The molecule has 0 aliphatic heterocycles. The molecule has 2 aromatic carbocycles. The minimum atomic E-state index is -0.431. The Hall–Kier alpha value is -3.28. The van der Waals surface area contributed by atoms with Gasteiger partial charge in [-0.3, -0.25) is 14.9 Å². The van der Waals surface area contributed by atoms with E-state index in [4.69, 9.17) is 0 Å². The number of hydrazone groups is 1. The fourth-order valence-electron chi connectivity index (χ4n) is 3.25. The first-order valence-corrected chi connectivity index (χ1v) is 9.61. The Morgan fingerprint density at radius 1 is 1.17 bits per heavy atom. The SMILES string of the molecule is CC(C)(C)c1ccc([C@@H]2C[C@H]2C(=O)NN=C/C=C\c2ccccc2[N+](=O)[O-])cc1. The van der Waals surface area contributed by atoms with E-state index in [0.29, 0.717) is 5.56 Å². The Morgan fingerprint density at radius 3 is 2.52 bits per heavy atom. The van der Waals surface area contributed by atoms with Crippen molar-refractivity contribution in [3.05, 3.63) is 81.4 Å². The largest absolute Gasteiger partial charge is 0.276 e. The summed E-state index contributed by atoms with van der Waals surface area (Å²) in [4.78, 5) is 22.8. The number of nitrogens with zero attached hydrogens (tertiary/aromatic N) is 2. The van der Waals surface area contributed by atoms with Crippen molar-refractivity contribution in [1.29, 1.82) is 0 Å². The molecular formula is C23H25N3O3. The molecule has 0 heterocycles. The fourth-order valence-corrected chi connectivity index (χ4v) is 3.25. The van der Waals surface area contributed by atoms with Crippen LogP contribution in [0.1, 0.15) is 49.8 Å². The van der Waals surface area contributed by atoms with Crippen molar-refractivity contribution in [2.45, 2.75) is 38.5 Å². The zero-order valence-electron chi connectivity index (χ0n) is 16.8. The number of para-hydroxylation sites is 1. The lowest BCUT2D eigenvalue weighted by Gasteiger charge is -2.19. The third-order valence-corrected chi connectivity index (χ3v) is 5.08. The van der Waals surface area contributed by atoms with E-state index < -0.39 is 4.92 Å². The van der Waals surface area contributed by atoms with Crippen molar-refractivity contribution in [3.63, 3.8) is 0 Å². The van der Waals surface area contributed by atoms with Gasteiger partial charge in [0.05, 0.1) is 10.5 Å². The number of nitrogens with one attached hydrogen (secondary N) is 1. The van der Waals surface area contributed by atoms with Crippen molar-refractivity contribution in [2.24, 2.45) is 11.0 Å². The van der Waals surface area contributed by atoms with Crippen molar-refractivity contribution in [1.82, 2.24) is 5.43 Å². The predicted molar refractivity (Wildman–Crippen MR) is 115 cm³/mol. The Kier molecular flexibility index (Phi) is 5.92. The molecule has 0 spiro atoms. The zero-order valence-corrected chi connectivity index (χ0v) is 16.8. The summed E-state index contributed by atoms with van der Waals surface area (Å²) >= 11 is 0. The molecule has 0 unspecified atom stereocenters. The van der Waals surface area contributed by atoms with Crippen molar-refractivity contribution >= 4 is 23.9 Å². The molecule has 6 heteroatoms. The van der Waals surface area contributed by atoms with Gasteiger partial charge in [0.1, 0.15) is 0 Å². The predicted octanol–water partition coefficient (Wildman–Crippen LogP) is 4.81. The van der Waals surface area contributed by atoms with Crippen LogP contribution in [-0.2, 0) is 10.2 Å². The molecule has 1 amide bonds. The minimum Gasteiger partial charge on any atom is -0.273 e. The monoisotopic (exact) mass is 391 g/mol. The van der Waals surface area contributed by atoms with E-state index in [-0.39, 0.29) is 28.8 Å². The van der Waals surface area contributed by atoms with Crippen LogP contribution < -0.4 is 5.43 Å². The van der Waals surface area contributed by atoms with Crippen LogP contribution in [0.2, 0.25) is 0 Å². The molecule has 150 valence electrons. The third kappa shape index (κ3) is 5.16. The van der Waals surface area contributed by atoms with Crippen LogP contribution in [0.5, 0.6) is 0 Å². The van der Waals surface area contributed by atoms with Gasteiger partial charge in [0.25, 0.3) is 5.69 Å². The van der Waals surface area contributed by atoms with Gasteiger partial charge < -0.3 is 0 Å². The maximum Gasteiger partial charge on any atom is 0.276 e. The fraction of sp³-hybridized carbons (Fsp3) is 0.304. The second kappa shape index (κ2) is 8.39. The van der Waals surface area contributed by atoms with Gasteiger partial charge >= 0.3 is 0 Å². The number of nitro groups is 1. The summed E-state index contributed by atoms with van der Waals surface area (Å²) in [6, 6.07) is 14.9. The van der Waals surface area contributed by atoms with Crippen LogP contribution in [0.4, 0.5) is 5.69 Å². The Bertz CT molecular complexity index is 956. The van der Waals surface area contributed by atoms with Gasteiger partial charge in [0, 0.05) is 18.2 Å². The van der Waals surface area contributed by atoms with Gasteiger partial charge in [-0.2, -0.15) is 5.10 Å². The number of benzene rings is 2. The van der Waals surface area contributed by atoms with E-state index in [2.05, 4.69) is 55.6 Å². The Balaban J connectivity index is 1.51. The molecule has 0 radical (unpaired) electrons. The Morgan fingerprint density at radius 2 is 1.86 bits per heavy atom. The van der Waals surface area contributed by atoms with Gasteiger partial charge in [-0.15, -0.1) is 0 Å². The maximum absolute atomic E-state index is 12.3. The summed E-state index contributed by atoms with van der Waals surface area (Å²) in [5, 5.41) is 14.9. The third-order valence-electron chi connectivity index (χ3n) is 5.08. The first-order chi connectivity index (χ1) is 13.8. The van der Waals surface area contributed by atoms with Crippen LogP contribution in [0.15, 0.2) is 59.7 Å². The molecule has 1 fully saturated rings. The molecule has 29 heavy (non-hydrogen) atoms. The highest BCUT2D eigenvalue weighted by molar-refractivity contribution is 5.85. The maximum atomic E-state index is 12.3. The number of hydrogen-bond donors (Lipinski definition) is 1. The molecule has 1 saturated carbocycles. The molecule has 2 atom stereocenters. The number of carbonyl (C=O) groups excluding carboxylic acids is 1. The van der Waals surface area contributed by atoms with Crippen LogP contribution >= 0.6 is 0 Å². The first kappa shape index (κ1) is 20.5. The molecule has 6 nitrogen and oxygen atoms in total. The topological polar surface area (TPSA) is 84.6 Å². The average Bonchev–Trinajstić information content (AvgIpc) is 3.48. The molecule has 1 aliphatic rings. The lowest BCUT2D eigenvalue weighted by Crippen LogP contribution is -2.19. The molecule has 0 saturated heterocycles. The van der Waals surface area contributed by atoms with Crippen LogP contribution in [0.25, 0.3) is 6.08 Å². The molecule has 1 aliphatic carbocycles. The molecule has 0 aromatic heterocycles. The standard InChI is InChI=1S/C23H25N3O3/c1-23(2,3)18-12-10-16(11-13-18)19-15-20(19)22(27)25-24-14-6-8-17-7-4-5-9-21(17)26(28)29/h4-14,19-20H,15H2,1-3H3,(H,25,27)/b8-6-,24-14?/t19-,20+/m0/s1. The van der Waals surface area contributed by atoms with E-state index in [1.807, 2.05) is 0 Å². The smallest absolute Gasteiger partial charge is 0.273 e. The van der Waals surface area contributed by atoms with Gasteiger partial charge in [-0.25, -0.2) is 5.43 Å². The van der Waals surface area contributed by atoms with E-state index in [9.17, 15) is 14.9 Å².